The Kier molecular flexibility index (Phi) is 6.73. The first-order valence-corrected chi connectivity index (χ1v) is 10.8. The quantitative estimate of drug-likeness (QED) is 0.296. The minimum atomic E-state index is -0.372. The standard InChI is InChI=1S/C27H25N3O4/c1-17(2)34-20-8-6-7-19(14-20)24-15-22(21-9-4-5-10-23(21)29-24)27(32)30-28-16-18-11-12-26(33-3)25(31)13-18/h4-17,31H,1-3H3,(H,30,32). The van der Waals surface area contributed by atoms with Gasteiger partial charge in [0, 0.05) is 10.9 Å². The number of nitrogens with zero attached hydrogens (tertiary/aromatic N) is 2. The van der Waals surface area contributed by atoms with Crippen molar-refractivity contribution in [2.75, 3.05) is 7.11 Å². The summed E-state index contributed by atoms with van der Waals surface area (Å²) in [5, 5.41) is 14.7. The van der Waals surface area contributed by atoms with Gasteiger partial charge in [-0.15, -0.1) is 0 Å². The Bertz CT molecular complexity index is 1370. The van der Waals surface area contributed by atoms with Crippen molar-refractivity contribution in [3.05, 3.63) is 83.9 Å². The minimum Gasteiger partial charge on any atom is -0.504 e. The zero-order chi connectivity index (χ0) is 24.1. The van der Waals surface area contributed by atoms with E-state index in [1.807, 2.05) is 62.4 Å². The van der Waals surface area contributed by atoms with Crippen LogP contribution in [0.25, 0.3) is 22.2 Å². The zero-order valence-electron chi connectivity index (χ0n) is 19.1. The molecule has 0 spiro atoms. The van der Waals surface area contributed by atoms with Crippen molar-refractivity contribution in [1.29, 1.82) is 0 Å². The number of nitrogens with one attached hydrogen (secondary N) is 1. The van der Waals surface area contributed by atoms with Gasteiger partial charge in [0.05, 0.1) is 36.2 Å². The third kappa shape index (κ3) is 5.15. The molecular formula is C27H25N3O4. The summed E-state index contributed by atoms with van der Waals surface area (Å²) in [6, 6.07) is 21.7. The van der Waals surface area contributed by atoms with Crippen LogP contribution in [0.1, 0.15) is 29.8 Å². The molecule has 3 aromatic carbocycles. The SMILES string of the molecule is COc1ccc(C=NNC(=O)c2cc(-c3cccc(OC(C)C)c3)nc3ccccc23)cc1O. The highest BCUT2D eigenvalue weighted by atomic mass is 16.5. The van der Waals surface area contributed by atoms with E-state index in [0.717, 1.165) is 16.7 Å². The molecule has 1 heterocycles. The van der Waals surface area contributed by atoms with Gasteiger partial charge in [0.2, 0.25) is 0 Å². The topological polar surface area (TPSA) is 93.0 Å². The van der Waals surface area contributed by atoms with Gasteiger partial charge in [0.15, 0.2) is 11.5 Å². The van der Waals surface area contributed by atoms with Gasteiger partial charge in [0.25, 0.3) is 5.91 Å². The van der Waals surface area contributed by atoms with Crippen molar-refractivity contribution in [3.8, 4) is 28.5 Å². The van der Waals surface area contributed by atoms with Crippen molar-refractivity contribution in [3.63, 3.8) is 0 Å². The predicted octanol–water partition coefficient (Wildman–Crippen LogP) is 5.17. The Morgan fingerprint density at radius 3 is 2.65 bits per heavy atom. The summed E-state index contributed by atoms with van der Waals surface area (Å²) < 4.78 is 10.8. The molecule has 0 aliphatic carbocycles. The van der Waals surface area contributed by atoms with E-state index < -0.39 is 0 Å². The van der Waals surface area contributed by atoms with E-state index in [-0.39, 0.29) is 17.8 Å². The van der Waals surface area contributed by atoms with Gasteiger partial charge in [-0.3, -0.25) is 4.79 Å². The van der Waals surface area contributed by atoms with E-state index in [1.165, 1.54) is 19.4 Å². The fourth-order valence-electron chi connectivity index (χ4n) is 3.53. The van der Waals surface area contributed by atoms with Crippen LogP contribution in [0.3, 0.4) is 0 Å². The summed E-state index contributed by atoms with van der Waals surface area (Å²) in [5.41, 5.74) is 5.83. The van der Waals surface area contributed by atoms with Crippen LogP contribution in [0.2, 0.25) is 0 Å². The number of hydrazone groups is 1. The van der Waals surface area contributed by atoms with Crippen molar-refractivity contribution in [2.45, 2.75) is 20.0 Å². The number of carbonyl (C=O) groups excluding carboxylic acids is 1. The number of hydrogen-bond donors (Lipinski definition) is 2. The van der Waals surface area contributed by atoms with Crippen molar-refractivity contribution >= 4 is 23.0 Å². The fraction of sp³-hybridized carbons (Fsp3) is 0.148. The van der Waals surface area contributed by atoms with E-state index in [0.29, 0.717) is 28.1 Å². The number of aromatic nitrogens is 1. The van der Waals surface area contributed by atoms with Gasteiger partial charge in [-0.1, -0.05) is 30.3 Å². The molecule has 0 aliphatic heterocycles. The highest BCUT2D eigenvalue weighted by Crippen LogP contribution is 2.28. The van der Waals surface area contributed by atoms with E-state index >= 15 is 0 Å². The maximum absolute atomic E-state index is 13.1. The average molecular weight is 456 g/mol. The second-order valence-corrected chi connectivity index (χ2v) is 7.90. The van der Waals surface area contributed by atoms with Gasteiger partial charge >= 0.3 is 0 Å². The lowest BCUT2D eigenvalue weighted by Gasteiger charge is -2.12. The van der Waals surface area contributed by atoms with Crippen LogP contribution in [-0.2, 0) is 0 Å². The molecular weight excluding hydrogens is 430 g/mol. The van der Waals surface area contributed by atoms with Gasteiger partial charge in [-0.05, 0) is 61.9 Å². The molecule has 1 amide bonds. The molecule has 34 heavy (non-hydrogen) atoms. The molecule has 1 aromatic heterocycles. The number of rotatable bonds is 7. The Balaban J connectivity index is 1.64. The fourth-order valence-corrected chi connectivity index (χ4v) is 3.53. The smallest absolute Gasteiger partial charge is 0.272 e. The van der Waals surface area contributed by atoms with Crippen LogP contribution >= 0.6 is 0 Å². The summed E-state index contributed by atoms with van der Waals surface area (Å²) in [7, 11) is 1.48. The molecule has 0 radical (unpaired) electrons. The Hall–Kier alpha value is -4.39. The lowest BCUT2D eigenvalue weighted by molar-refractivity contribution is 0.0956. The number of amides is 1. The van der Waals surface area contributed by atoms with E-state index in [2.05, 4.69) is 10.5 Å². The first-order chi connectivity index (χ1) is 16.4. The number of hydrogen-bond acceptors (Lipinski definition) is 6. The number of fused-ring (bicyclic) bond motifs is 1. The van der Waals surface area contributed by atoms with Crippen molar-refractivity contribution in [2.24, 2.45) is 5.10 Å². The molecule has 0 saturated heterocycles. The highest BCUT2D eigenvalue weighted by molar-refractivity contribution is 6.07. The van der Waals surface area contributed by atoms with Gasteiger partial charge in [0.1, 0.15) is 5.75 Å². The summed E-state index contributed by atoms with van der Waals surface area (Å²) >= 11 is 0. The van der Waals surface area contributed by atoms with Crippen molar-refractivity contribution < 1.29 is 19.4 Å². The first-order valence-electron chi connectivity index (χ1n) is 10.8. The molecule has 2 N–H and O–H groups in total. The molecule has 7 heteroatoms. The summed E-state index contributed by atoms with van der Waals surface area (Å²) in [6.45, 7) is 3.94. The molecule has 0 atom stereocenters. The number of pyridine rings is 1. The molecule has 4 rings (SSSR count). The summed E-state index contributed by atoms with van der Waals surface area (Å²) in [5.74, 6) is 0.718. The van der Waals surface area contributed by atoms with E-state index in [1.54, 1.807) is 18.2 Å². The maximum atomic E-state index is 13.1. The normalized spacial score (nSPS) is 11.2. The monoisotopic (exact) mass is 455 g/mol. The van der Waals surface area contributed by atoms with Crippen LogP contribution < -0.4 is 14.9 Å². The molecule has 0 aliphatic rings. The molecule has 7 nitrogen and oxygen atoms in total. The van der Waals surface area contributed by atoms with Crippen LogP contribution in [0.4, 0.5) is 0 Å². The third-order valence-electron chi connectivity index (χ3n) is 5.05. The van der Waals surface area contributed by atoms with Crippen LogP contribution in [0.5, 0.6) is 17.2 Å². The molecule has 0 unspecified atom stereocenters. The first kappa shape index (κ1) is 22.8. The average Bonchev–Trinajstić information content (AvgIpc) is 2.83. The van der Waals surface area contributed by atoms with Gasteiger partial charge in [-0.2, -0.15) is 5.10 Å². The Labute approximate surface area is 197 Å². The second-order valence-electron chi connectivity index (χ2n) is 7.90. The predicted molar refractivity (Wildman–Crippen MR) is 133 cm³/mol. The van der Waals surface area contributed by atoms with E-state index in [4.69, 9.17) is 14.5 Å². The number of para-hydroxylation sites is 1. The lowest BCUT2D eigenvalue weighted by atomic mass is 10.0. The summed E-state index contributed by atoms with van der Waals surface area (Å²) in [4.78, 5) is 17.8. The van der Waals surface area contributed by atoms with Crippen LogP contribution in [0.15, 0.2) is 77.9 Å². The van der Waals surface area contributed by atoms with Crippen LogP contribution in [-0.4, -0.2) is 35.4 Å². The van der Waals surface area contributed by atoms with Crippen molar-refractivity contribution in [1.82, 2.24) is 10.4 Å². The molecule has 0 bridgehead atoms. The largest absolute Gasteiger partial charge is 0.504 e. The molecule has 4 aromatic rings. The second kappa shape index (κ2) is 10.0. The Morgan fingerprint density at radius 2 is 1.88 bits per heavy atom. The summed E-state index contributed by atoms with van der Waals surface area (Å²) in [6.07, 6.45) is 1.50. The number of phenolic OH excluding ortho intramolecular Hbond substituents is 1. The zero-order valence-corrected chi connectivity index (χ0v) is 19.1. The number of carbonyl (C=O) groups is 1. The number of phenols is 1. The van der Waals surface area contributed by atoms with Crippen LogP contribution in [0, 0.1) is 0 Å². The maximum Gasteiger partial charge on any atom is 0.272 e. The number of benzene rings is 3. The number of ether oxygens (including phenoxy) is 2. The number of aromatic hydroxyl groups is 1. The van der Waals surface area contributed by atoms with Gasteiger partial charge in [-0.25, -0.2) is 10.4 Å². The number of methoxy groups -OCH3 is 1. The molecule has 0 saturated carbocycles. The van der Waals surface area contributed by atoms with E-state index in [9.17, 15) is 9.90 Å². The lowest BCUT2D eigenvalue weighted by Crippen LogP contribution is -2.18. The Morgan fingerprint density at radius 1 is 1.06 bits per heavy atom. The molecule has 172 valence electrons. The molecule has 0 fully saturated rings. The van der Waals surface area contributed by atoms with Gasteiger partial charge < -0.3 is 14.6 Å². The third-order valence-corrected chi connectivity index (χ3v) is 5.05. The highest BCUT2D eigenvalue weighted by Gasteiger charge is 2.14. The minimum absolute atomic E-state index is 0.00813.